The number of nitrogens with two attached hydrogens (primary N) is 1. The zero-order valence-electron chi connectivity index (χ0n) is 32.5. The molecule has 0 aromatic heterocycles. The van der Waals surface area contributed by atoms with Crippen LogP contribution in [0.3, 0.4) is 0 Å². The number of fused-ring (bicyclic) bond motifs is 4. The normalized spacial score (nSPS) is 12.4. The molecule has 11 nitrogen and oxygen atoms in total. The van der Waals surface area contributed by atoms with Gasteiger partial charge in [-0.3, -0.25) is 14.6 Å². The number of para-hydroxylation sites is 4. The number of carbonyl (C=O) groups excluding carboxylic acids is 3. The smallest absolute Gasteiger partial charge is 0.330 e. The van der Waals surface area contributed by atoms with Crippen molar-refractivity contribution in [2.24, 2.45) is 5.73 Å². The van der Waals surface area contributed by atoms with E-state index in [0.717, 1.165) is 74.1 Å². The SMILES string of the molecule is NCCCNCCCCNCCCNC(=O)c1cc(NC(=O)N2c3ccccc3C=Cc3ccccc32)cc(NC(=O)N2c3ccccc3C=Cc3ccccc32)c1. The number of urea groups is 2. The monoisotopic (exact) mass is 774 g/mol. The lowest BCUT2D eigenvalue weighted by Crippen LogP contribution is -2.33. The second-order valence-electron chi connectivity index (χ2n) is 14.2. The van der Waals surface area contributed by atoms with Crippen molar-refractivity contribution in [1.82, 2.24) is 16.0 Å². The van der Waals surface area contributed by atoms with Crippen molar-refractivity contribution in [1.29, 1.82) is 0 Å². The van der Waals surface area contributed by atoms with Gasteiger partial charge in [0.2, 0.25) is 0 Å². The maximum absolute atomic E-state index is 14.4. The molecule has 296 valence electrons. The number of hydrogen-bond donors (Lipinski definition) is 6. The van der Waals surface area contributed by atoms with Crippen molar-refractivity contribution in [3.8, 4) is 0 Å². The van der Waals surface area contributed by atoms with Crippen molar-refractivity contribution in [3.63, 3.8) is 0 Å². The fourth-order valence-electron chi connectivity index (χ4n) is 7.14. The Morgan fingerprint density at radius 2 is 0.845 bits per heavy atom. The standard InChI is InChI=1S/C47H50N8O3/c48-25-11-28-49-26-9-10-27-50-29-12-30-51-45(56)38-31-39(52-46(57)54-41-17-5-1-13-34(41)21-22-35-14-2-6-18-42(35)54)33-40(32-38)53-47(58)55-43-19-7-3-15-36(43)23-24-37-16-4-8-20-44(37)55/h1-8,13-24,31-33,49-50H,9-12,25-30,48H2,(H,51,56)(H,52,57)(H,53,58). The van der Waals surface area contributed by atoms with Crippen molar-refractivity contribution in [2.45, 2.75) is 25.7 Å². The van der Waals surface area contributed by atoms with Crippen LogP contribution in [0.4, 0.5) is 43.7 Å². The number of nitrogens with zero attached hydrogens (tertiary/aromatic N) is 2. The van der Waals surface area contributed by atoms with Gasteiger partial charge >= 0.3 is 12.1 Å². The molecule has 2 aliphatic heterocycles. The van der Waals surface area contributed by atoms with Gasteiger partial charge in [-0.25, -0.2) is 9.59 Å². The number of rotatable bonds is 15. The average Bonchev–Trinajstić information content (AvgIpc) is 3.52. The minimum atomic E-state index is -0.419. The number of anilines is 6. The molecule has 0 spiro atoms. The molecule has 0 radical (unpaired) electrons. The summed E-state index contributed by atoms with van der Waals surface area (Å²) in [5.41, 5.74) is 12.9. The van der Waals surface area contributed by atoms with Crippen molar-refractivity contribution in [3.05, 3.63) is 143 Å². The summed E-state index contributed by atoms with van der Waals surface area (Å²) in [6.45, 7) is 4.75. The summed E-state index contributed by atoms with van der Waals surface area (Å²) in [6, 6.07) is 34.9. The van der Waals surface area contributed by atoms with E-state index in [4.69, 9.17) is 5.73 Å². The first kappa shape index (κ1) is 39.7. The van der Waals surface area contributed by atoms with Crippen LogP contribution in [-0.2, 0) is 0 Å². The molecular formula is C47H50N8O3. The summed E-state index contributed by atoms with van der Waals surface area (Å²) in [5, 5.41) is 16.0. The molecule has 2 aliphatic rings. The van der Waals surface area contributed by atoms with Crippen molar-refractivity contribution in [2.75, 3.05) is 59.7 Å². The van der Waals surface area contributed by atoms with Gasteiger partial charge in [0, 0.05) is 23.5 Å². The van der Waals surface area contributed by atoms with Gasteiger partial charge in [-0.15, -0.1) is 0 Å². The Morgan fingerprint density at radius 3 is 1.26 bits per heavy atom. The summed E-state index contributed by atoms with van der Waals surface area (Å²) >= 11 is 0. The van der Waals surface area contributed by atoms with Crippen LogP contribution in [0, 0.1) is 0 Å². The van der Waals surface area contributed by atoms with Gasteiger partial charge in [0.15, 0.2) is 0 Å². The first-order chi connectivity index (χ1) is 28.5. The van der Waals surface area contributed by atoms with E-state index in [0.29, 0.717) is 52.8 Å². The highest BCUT2D eigenvalue weighted by molar-refractivity contribution is 6.13. The van der Waals surface area contributed by atoms with Gasteiger partial charge in [-0.2, -0.15) is 0 Å². The molecular weight excluding hydrogens is 725 g/mol. The zero-order valence-corrected chi connectivity index (χ0v) is 32.5. The minimum absolute atomic E-state index is 0.292. The number of nitrogens with one attached hydrogen (secondary N) is 5. The third kappa shape index (κ3) is 9.70. The Kier molecular flexibility index (Phi) is 13.4. The van der Waals surface area contributed by atoms with Crippen LogP contribution in [0.15, 0.2) is 115 Å². The van der Waals surface area contributed by atoms with E-state index in [1.54, 1.807) is 28.0 Å². The number of amides is 5. The molecule has 5 aromatic carbocycles. The number of benzene rings is 5. The van der Waals surface area contributed by atoms with Gasteiger partial charge in [-0.05, 0) is 123 Å². The van der Waals surface area contributed by atoms with Crippen LogP contribution >= 0.6 is 0 Å². The topological polar surface area (TPSA) is 144 Å². The Morgan fingerprint density at radius 1 is 0.466 bits per heavy atom. The molecule has 0 unspecified atom stereocenters. The quantitative estimate of drug-likeness (QED) is 0.0587. The predicted octanol–water partition coefficient (Wildman–Crippen LogP) is 8.82. The molecule has 5 amide bonds. The molecule has 0 saturated carbocycles. The highest BCUT2D eigenvalue weighted by Gasteiger charge is 2.27. The molecule has 7 N–H and O–H groups in total. The van der Waals surface area contributed by atoms with Crippen molar-refractivity contribution >= 4 is 76.4 Å². The Bertz CT molecular complexity index is 2070. The van der Waals surface area contributed by atoms with Crippen LogP contribution in [0.5, 0.6) is 0 Å². The summed E-state index contributed by atoms with van der Waals surface area (Å²) in [4.78, 5) is 45.8. The van der Waals surface area contributed by atoms with E-state index in [1.807, 2.05) is 121 Å². The van der Waals surface area contributed by atoms with E-state index in [-0.39, 0.29) is 5.91 Å². The third-order valence-corrected chi connectivity index (χ3v) is 10.0. The maximum Gasteiger partial charge on any atom is 0.330 e. The van der Waals surface area contributed by atoms with Gasteiger partial charge in [-0.1, -0.05) is 97.1 Å². The van der Waals surface area contributed by atoms with Crippen LogP contribution in [0.25, 0.3) is 24.3 Å². The molecule has 58 heavy (non-hydrogen) atoms. The predicted molar refractivity (Wildman–Crippen MR) is 238 cm³/mol. The molecule has 0 bridgehead atoms. The summed E-state index contributed by atoms with van der Waals surface area (Å²) in [5.74, 6) is -0.320. The average molecular weight is 775 g/mol. The van der Waals surface area contributed by atoms with E-state index >= 15 is 0 Å². The highest BCUT2D eigenvalue weighted by atomic mass is 16.2. The van der Waals surface area contributed by atoms with Crippen LogP contribution in [0.1, 0.15) is 58.3 Å². The molecule has 2 heterocycles. The van der Waals surface area contributed by atoms with E-state index in [1.165, 1.54) is 0 Å². The summed E-state index contributed by atoms with van der Waals surface area (Å²) in [6.07, 6.45) is 11.8. The Labute approximate surface area is 340 Å². The van der Waals surface area contributed by atoms with Gasteiger partial charge in [0.05, 0.1) is 22.7 Å². The second-order valence-corrected chi connectivity index (χ2v) is 14.2. The first-order valence-corrected chi connectivity index (χ1v) is 20.0. The van der Waals surface area contributed by atoms with Gasteiger partial charge in [0.1, 0.15) is 0 Å². The molecule has 0 saturated heterocycles. The molecule has 7 rings (SSSR count). The first-order valence-electron chi connectivity index (χ1n) is 20.0. The summed E-state index contributed by atoms with van der Waals surface area (Å²) < 4.78 is 0. The second kappa shape index (κ2) is 19.6. The lowest BCUT2D eigenvalue weighted by molar-refractivity contribution is 0.0953. The van der Waals surface area contributed by atoms with Gasteiger partial charge < -0.3 is 32.3 Å². The van der Waals surface area contributed by atoms with E-state index in [9.17, 15) is 14.4 Å². The number of unbranched alkanes of at least 4 members (excludes halogenated alkanes) is 1. The molecule has 11 heteroatoms. The lowest BCUT2D eigenvalue weighted by atomic mass is 10.1. The summed E-state index contributed by atoms with van der Waals surface area (Å²) in [7, 11) is 0. The third-order valence-electron chi connectivity index (χ3n) is 10.0. The number of carbonyl (C=O) groups is 3. The number of hydrogen-bond acceptors (Lipinski definition) is 6. The fourth-order valence-corrected chi connectivity index (χ4v) is 7.14. The van der Waals surface area contributed by atoms with Crippen molar-refractivity contribution < 1.29 is 14.4 Å². The molecule has 5 aromatic rings. The molecule has 0 atom stereocenters. The Hall–Kier alpha value is -6.53. The van der Waals surface area contributed by atoms with E-state index < -0.39 is 12.1 Å². The lowest BCUT2D eigenvalue weighted by Gasteiger charge is -2.26. The van der Waals surface area contributed by atoms with Crippen LogP contribution in [-0.4, -0.2) is 57.2 Å². The van der Waals surface area contributed by atoms with Gasteiger partial charge in [0.25, 0.3) is 5.91 Å². The fraction of sp³-hybridized carbons (Fsp3) is 0.213. The molecule has 0 aliphatic carbocycles. The van der Waals surface area contributed by atoms with E-state index in [2.05, 4.69) is 26.6 Å². The van der Waals surface area contributed by atoms with Crippen LogP contribution in [0.2, 0.25) is 0 Å². The largest absolute Gasteiger partial charge is 0.352 e. The highest BCUT2D eigenvalue weighted by Crippen LogP contribution is 2.38. The van der Waals surface area contributed by atoms with Crippen LogP contribution < -0.4 is 42.1 Å². The Balaban J connectivity index is 1.11. The minimum Gasteiger partial charge on any atom is -0.352 e. The molecule has 0 fully saturated rings. The zero-order chi connectivity index (χ0) is 40.1. The maximum atomic E-state index is 14.4.